The quantitative estimate of drug-likeness (QED) is 0.743. The second-order valence-electron chi connectivity index (χ2n) is 4.09. The molecule has 0 radical (unpaired) electrons. The molecular formula is C11H19N3. The van der Waals surface area contributed by atoms with Crippen LogP contribution in [0.1, 0.15) is 25.6 Å². The van der Waals surface area contributed by atoms with E-state index in [-0.39, 0.29) is 0 Å². The smallest absolute Gasteiger partial charge is 0.0474 e. The SMILES string of the molecule is CC1CNCCN1C(C)c1ccc[nH]1. The van der Waals surface area contributed by atoms with Gasteiger partial charge < -0.3 is 10.3 Å². The molecule has 0 aromatic carbocycles. The summed E-state index contributed by atoms with van der Waals surface area (Å²) in [6, 6.07) is 5.36. The van der Waals surface area contributed by atoms with Crippen LogP contribution in [0.3, 0.4) is 0 Å². The molecule has 1 saturated heterocycles. The van der Waals surface area contributed by atoms with E-state index in [1.807, 2.05) is 6.20 Å². The number of aromatic amines is 1. The average molecular weight is 193 g/mol. The first kappa shape index (κ1) is 9.74. The van der Waals surface area contributed by atoms with Gasteiger partial charge in [0.25, 0.3) is 0 Å². The Balaban J connectivity index is 2.06. The summed E-state index contributed by atoms with van der Waals surface area (Å²) in [4.78, 5) is 5.84. The third-order valence-electron chi connectivity index (χ3n) is 3.12. The molecule has 2 atom stereocenters. The highest BCUT2D eigenvalue weighted by Crippen LogP contribution is 2.21. The average Bonchev–Trinajstić information content (AvgIpc) is 2.70. The molecular weight excluding hydrogens is 174 g/mol. The molecule has 2 unspecified atom stereocenters. The van der Waals surface area contributed by atoms with E-state index >= 15 is 0 Å². The van der Waals surface area contributed by atoms with Crippen LogP contribution in [0.4, 0.5) is 0 Å². The Bertz CT molecular complexity index is 268. The maximum absolute atomic E-state index is 3.41. The fourth-order valence-electron chi connectivity index (χ4n) is 2.21. The largest absolute Gasteiger partial charge is 0.364 e. The lowest BCUT2D eigenvalue weighted by Crippen LogP contribution is -2.50. The molecule has 0 bridgehead atoms. The van der Waals surface area contributed by atoms with Gasteiger partial charge in [-0.3, -0.25) is 4.90 Å². The van der Waals surface area contributed by atoms with Crippen molar-refractivity contribution in [2.24, 2.45) is 0 Å². The minimum absolute atomic E-state index is 0.502. The fourth-order valence-corrected chi connectivity index (χ4v) is 2.21. The minimum Gasteiger partial charge on any atom is -0.364 e. The van der Waals surface area contributed by atoms with Crippen LogP contribution in [-0.4, -0.2) is 35.6 Å². The first-order chi connectivity index (χ1) is 6.79. The first-order valence-electron chi connectivity index (χ1n) is 5.39. The van der Waals surface area contributed by atoms with Crippen molar-refractivity contribution < 1.29 is 0 Å². The van der Waals surface area contributed by atoms with Gasteiger partial charge in [-0.15, -0.1) is 0 Å². The van der Waals surface area contributed by atoms with Crippen LogP contribution in [-0.2, 0) is 0 Å². The molecule has 1 fully saturated rings. The zero-order valence-electron chi connectivity index (χ0n) is 8.96. The van der Waals surface area contributed by atoms with Crippen molar-refractivity contribution in [3.63, 3.8) is 0 Å². The first-order valence-corrected chi connectivity index (χ1v) is 5.39. The van der Waals surface area contributed by atoms with Crippen LogP contribution in [0.5, 0.6) is 0 Å². The topological polar surface area (TPSA) is 31.1 Å². The van der Waals surface area contributed by atoms with Gasteiger partial charge in [0.1, 0.15) is 0 Å². The van der Waals surface area contributed by atoms with E-state index in [1.54, 1.807) is 0 Å². The number of nitrogens with one attached hydrogen (secondary N) is 2. The second-order valence-corrected chi connectivity index (χ2v) is 4.09. The predicted molar refractivity (Wildman–Crippen MR) is 58.2 cm³/mol. The summed E-state index contributed by atoms with van der Waals surface area (Å²) in [7, 11) is 0. The maximum atomic E-state index is 3.41. The van der Waals surface area contributed by atoms with Gasteiger partial charge in [-0.1, -0.05) is 0 Å². The van der Waals surface area contributed by atoms with Gasteiger partial charge in [-0.25, -0.2) is 0 Å². The van der Waals surface area contributed by atoms with Crippen LogP contribution in [0.15, 0.2) is 18.3 Å². The summed E-state index contributed by atoms with van der Waals surface area (Å²) in [6.07, 6.45) is 2.00. The highest BCUT2D eigenvalue weighted by atomic mass is 15.2. The van der Waals surface area contributed by atoms with Crippen molar-refractivity contribution in [3.05, 3.63) is 24.0 Å². The Morgan fingerprint density at radius 1 is 1.57 bits per heavy atom. The van der Waals surface area contributed by atoms with Crippen molar-refractivity contribution in [1.82, 2.24) is 15.2 Å². The molecule has 3 heteroatoms. The lowest BCUT2D eigenvalue weighted by Gasteiger charge is -2.38. The molecule has 2 heterocycles. The maximum Gasteiger partial charge on any atom is 0.0474 e. The minimum atomic E-state index is 0.502. The second kappa shape index (κ2) is 4.15. The van der Waals surface area contributed by atoms with E-state index in [2.05, 4.69) is 41.2 Å². The molecule has 2 N–H and O–H groups in total. The van der Waals surface area contributed by atoms with E-state index in [9.17, 15) is 0 Å². The molecule has 0 spiro atoms. The zero-order valence-corrected chi connectivity index (χ0v) is 8.96. The number of hydrogen-bond donors (Lipinski definition) is 2. The third-order valence-corrected chi connectivity index (χ3v) is 3.12. The van der Waals surface area contributed by atoms with Gasteiger partial charge in [0.2, 0.25) is 0 Å². The molecule has 1 aromatic rings. The van der Waals surface area contributed by atoms with Crippen molar-refractivity contribution in [3.8, 4) is 0 Å². The van der Waals surface area contributed by atoms with Crippen LogP contribution in [0.2, 0.25) is 0 Å². The Morgan fingerprint density at radius 2 is 2.43 bits per heavy atom. The zero-order chi connectivity index (χ0) is 9.97. The van der Waals surface area contributed by atoms with Gasteiger partial charge in [0, 0.05) is 43.6 Å². The summed E-state index contributed by atoms with van der Waals surface area (Å²) >= 11 is 0. The number of hydrogen-bond acceptors (Lipinski definition) is 2. The van der Waals surface area contributed by atoms with Crippen molar-refractivity contribution >= 4 is 0 Å². The molecule has 0 amide bonds. The Morgan fingerprint density at radius 3 is 3.07 bits per heavy atom. The number of H-pyrrole nitrogens is 1. The van der Waals surface area contributed by atoms with Crippen LogP contribution in [0.25, 0.3) is 0 Å². The molecule has 0 aliphatic carbocycles. The van der Waals surface area contributed by atoms with E-state index in [4.69, 9.17) is 0 Å². The summed E-state index contributed by atoms with van der Waals surface area (Å²) < 4.78 is 0. The number of nitrogens with zero attached hydrogens (tertiary/aromatic N) is 1. The summed E-state index contributed by atoms with van der Waals surface area (Å²) in [5.41, 5.74) is 1.32. The van der Waals surface area contributed by atoms with Crippen molar-refractivity contribution in [2.45, 2.75) is 25.9 Å². The molecule has 2 rings (SSSR count). The highest BCUT2D eigenvalue weighted by molar-refractivity contribution is 5.09. The van der Waals surface area contributed by atoms with E-state index in [1.165, 1.54) is 5.69 Å². The van der Waals surface area contributed by atoms with Gasteiger partial charge in [-0.05, 0) is 26.0 Å². The number of aromatic nitrogens is 1. The fraction of sp³-hybridized carbons (Fsp3) is 0.636. The monoisotopic (exact) mass is 193 g/mol. The van der Waals surface area contributed by atoms with Crippen molar-refractivity contribution in [2.75, 3.05) is 19.6 Å². The van der Waals surface area contributed by atoms with Gasteiger partial charge in [0.15, 0.2) is 0 Å². The highest BCUT2D eigenvalue weighted by Gasteiger charge is 2.23. The molecule has 14 heavy (non-hydrogen) atoms. The van der Waals surface area contributed by atoms with Crippen LogP contribution >= 0.6 is 0 Å². The van der Waals surface area contributed by atoms with E-state index in [0.717, 1.165) is 19.6 Å². The predicted octanol–water partition coefficient (Wildman–Crippen LogP) is 1.37. The summed E-state index contributed by atoms with van der Waals surface area (Å²) in [5.74, 6) is 0. The summed E-state index contributed by atoms with van der Waals surface area (Å²) in [6.45, 7) is 7.90. The molecule has 1 aromatic heterocycles. The molecule has 78 valence electrons. The Hall–Kier alpha value is -0.800. The molecule has 3 nitrogen and oxygen atoms in total. The number of rotatable bonds is 2. The van der Waals surface area contributed by atoms with E-state index in [0.29, 0.717) is 12.1 Å². The summed E-state index contributed by atoms with van der Waals surface area (Å²) in [5, 5.41) is 3.41. The lowest BCUT2D eigenvalue weighted by molar-refractivity contribution is 0.124. The molecule has 1 aliphatic heterocycles. The van der Waals surface area contributed by atoms with Crippen LogP contribution in [0, 0.1) is 0 Å². The van der Waals surface area contributed by atoms with Gasteiger partial charge in [0.05, 0.1) is 0 Å². The lowest BCUT2D eigenvalue weighted by atomic mass is 10.1. The molecule has 0 saturated carbocycles. The van der Waals surface area contributed by atoms with Crippen molar-refractivity contribution in [1.29, 1.82) is 0 Å². The van der Waals surface area contributed by atoms with E-state index < -0.39 is 0 Å². The number of piperazine rings is 1. The standard InChI is InChI=1S/C11H19N3/c1-9-8-12-6-7-14(9)10(2)11-4-3-5-13-11/h3-5,9-10,12-13H,6-8H2,1-2H3. The normalized spacial score (nSPS) is 26.3. The van der Waals surface area contributed by atoms with Gasteiger partial charge in [-0.2, -0.15) is 0 Å². The Kier molecular flexibility index (Phi) is 2.89. The van der Waals surface area contributed by atoms with Gasteiger partial charge >= 0.3 is 0 Å². The third kappa shape index (κ3) is 1.83. The van der Waals surface area contributed by atoms with Crippen LogP contribution < -0.4 is 5.32 Å². The Labute approximate surface area is 85.5 Å². The molecule has 1 aliphatic rings.